The van der Waals surface area contributed by atoms with Crippen LogP contribution in [0.2, 0.25) is 5.02 Å². The molecule has 0 aromatic heterocycles. The number of carbonyl (C=O) groups excluding carboxylic acids is 1. The molecule has 0 fully saturated rings. The fourth-order valence-corrected chi connectivity index (χ4v) is 1.80. The first kappa shape index (κ1) is 16.3. The van der Waals surface area contributed by atoms with Crippen molar-refractivity contribution in [3.8, 4) is 0 Å². The Balaban J connectivity index is 2.66. The quantitative estimate of drug-likeness (QED) is 0.873. The van der Waals surface area contributed by atoms with Crippen molar-refractivity contribution in [1.82, 2.24) is 4.90 Å². The highest BCUT2D eigenvalue weighted by atomic mass is 35.5. The van der Waals surface area contributed by atoms with Gasteiger partial charge in [-0.1, -0.05) is 25.4 Å². The normalized spacial score (nSPS) is 10.4. The van der Waals surface area contributed by atoms with Crippen molar-refractivity contribution >= 4 is 29.3 Å². The molecule has 0 heterocycles. The zero-order valence-electron chi connectivity index (χ0n) is 11.8. The van der Waals surface area contributed by atoms with Gasteiger partial charge in [0.05, 0.1) is 10.6 Å². The maximum atomic E-state index is 11.9. The smallest absolute Gasteiger partial charge is 0.337 e. The number of hydrogen-bond donors (Lipinski definition) is 2. The van der Waals surface area contributed by atoms with E-state index in [2.05, 4.69) is 19.2 Å². The number of urea groups is 1. The zero-order chi connectivity index (χ0) is 15.3. The summed E-state index contributed by atoms with van der Waals surface area (Å²) in [6, 6.07) is 4.07. The summed E-state index contributed by atoms with van der Waals surface area (Å²) in [5.41, 5.74) is 0.485. The number of amides is 2. The summed E-state index contributed by atoms with van der Waals surface area (Å²) in [5.74, 6) is -0.573. The molecule has 110 valence electrons. The lowest BCUT2D eigenvalue weighted by molar-refractivity contribution is 0.0697. The molecule has 0 aliphatic heterocycles. The van der Waals surface area contributed by atoms with Crippen molar-refractivity contribution in [2.75, 3.05) is 18.9 Å². The molecule has 0 radical (unpaired) electrons. The Morgan fingerprint density at radius 1 is 1.40 bits per heavy atom. The SMILES string of the molecule is CC(C)CCN(C)C(=O)Nc1ccc(C(=O)O)c(Cl)c1. The predicted molar refractivity (Wildman–Crippen MR) is 79.5 cm³/mol. The molecule has 5 nitrogen and oxygen atoms in total. The average molecular weight is 299 g/mol. The Morgan fingerprint density at radius 2 is 2.05 bits per heavy atom. The van der Waals surface area contributed by atoms with Gasteiger partial charge < -0.3 is 15.3 Å². The first-order valence-corrected chi connectivity index (χ1v) is 6.74. The number of carboxylic acid groups (broad SMARTS) is 1. The molecule has 0 bridgehead atoms. The molecule has 0 aliphatic carbocycles. The molecule has 2 N–H and O–H groups in total. The monoisotopic (exact) mass is 298 g/mol. The number of rotatable bonds is 5. The van der Waals surface area contributed by atoms with E-state index in [1.54, 1.807) is 11.9 Å². The lowest BCUT2D eigenvalue weighted by atomic mass is 10.1. The van der Waals surface area contributed by atoms with Crippen LogP contribution in [-0.2, 0) is 0 Å². The average Bonchev–Trinajstić information content (AvgIpc) is 2.35. The Morgan fingerprint density at radius 3 is 2.55 bits per heavy atom. The number of hydrogen-bond acceptors (Lipinski definition) is 2. The standard InChI is InChI=1S/C14H19ClN2O3/c1-9(2)6-7-17(3)14(20)16-10-4-5-11(13(18)19)12(15)8-10/h4-5,8-9H,6-7H2,1-3H3,(H,16,20)(H,18,19). The Hall–Kier alpha value is -1.75. The number of carbonyl (C=O) groups is 2. The van der Waals surface area contributed by atoms with Crippen LogP contribution >= 0.6 is 11.6 Å². The Bertz CT molecular complexity index is 503. The first-order valence-electron chi connectivity index (χ1n) is 6.36. The predicted octanol–water partition coefficient (Wildman–Crippen LogP) is 3.55. The second-order valence-corrected chi connectivity index (χ2v) is 5.44. The van der Waals surface area contributed by atoms with Gasteiger partial charge in [0.1, 0.15) is 0 Å². The topological polar surface area (TPSA) is 69.6 Å². The highest BCUT2D eigenvalue weighted by molar-refractivity contribution is 6.33. The Labute approximate surface area is 123 Å². The molecule has 2 amide bonds. The van der Waals surface area contributed by atoms with E-state index in [1.165, 1.54) is 18.2 Å². The molecule has 1 aromatic rings. The van der Waals surface area contributed by atoms with E-state index in [9.17, 15) is 9.59 Å². The van der Waals surface area contributed by atoms with Gasteiger partial charge >= 0.3 is 12.0 Å². The maximum Gasteiger partial charge on any atom is 0.337 e. The third-order valence-electron chi connectivity index (χ3n) is 2.84. The van der Waals surface area contributed by atoms with Gasteiger partial charge in [-0.25, -0.2) is 9.59 Å². The molecule has 1 aromatic carbocycles. The van der Waals surface area contributed by atoms with Crippen molar-refractivity contribution in [3.05, 3.63) is 28.8 Å². The van der Waals surface area contributed by atoms with Crippen LogP contribution in [0.3, 0.4) is 0 Å². The molecule has 0 spiro atoms. The summed E-state index contributed by atoms with van der Waals surface area (Å²) in [6.07, 6.45) is 0.919. The summed E-state index contributed by atoms with van der Waals surface area (Å²) in [7, 11) is 1.71. The van der Waals surface area contributed by atoms with Gasteiger partial charge in [0.15, 0.2) is 0 Å². The summed E-state index contributed by atoms with van der Waals surface area (Å²) < 4.78 is 0. The molecule has 6 heteroatoms. The van der Waals surface area contributed by atoms with E-state index in [4.69, 9.17) is 16.7 Å². The minimum atomic E-state index is -1.10. The molecule has 20 heavy (non-hydrogen) atoms. The molecule has 0 saturated heterocycles. The molecular weight excluding hydrogens is 280 g/mol. The lowest BCUT2D eigenvalue weighted by Crippen LogP contribution is -2.32. The van der Waals surface area contributed by atoms with Crippen LogP contribution in [0.25, 0.3) is 0 Å². The molecule has 0 aliphatic rings. The minimum Gasteiger partial charge on any atom is -0.478 e. The zero-order valence-corrected chi connectivity index (χ0v) is 12.6. The number of aromatic carboxylic acids is 1. The fourth-order valence-electron chi connectivity index (χ4n) is 1.54. The van der Waals surface area contributed by atoms with Crippen molar-refractivity contribution < 1.29 is 14.7 Å². The summed E-state index contributed by atoms with van der Waals surface area (Å²) in [5, 5.41) is 11.6. The van der Waals surface area contributed by atoms with Gasteiger partial charge in [-0.15, -0.1) is 0 Å². The third-order valence-corrected chi connectivity index (χ3v) is 3.15. The second kappa shape index (κ2) is 7.14. The summed E-state index contributed by atoms with van der Waals surface area (Å²) >= 11 is 5.84. The van der Waals surface area contributed by atoms with Gasteiger partial charge in [0.2, 0.25) is 0 Å². The van der Waals surface area contributed by atoms with Crippen LogP contribution < -0.4 is 5.32 Å². The van der Waals surface area contributed by atoms with Crippen molar-refractivity contribution in [1.29, 1.82) is 0 Å². The van der Waals surface area contributed by atoms with E-state index in [-0.39, 0.29) is 16.6 Å². The van der Waals surface area contributed by atoms with Gasteiger partial charge in [0, 0.05) is 19.3 Å². The largest absolute Gasteiger partial charge is 0.478 e. The fraction of sp³-hybridized carbons (Fsp3) is 0.429. The maximum absolute atomic E-state index is 11.9. The number of anilines is 1. The van der Waals surface area contributed by atoms with Crippen LogP contribution in [0, 0.1) is 5.92 Å². The van der Waals surface area contributed by atoms with E-state index in [0.717, 1.165) is 6.42 Å². The Kier molecular flexibility index (Phi) is 5.82. The minimum absolute atomic E-state index is 0.0119. The molecule has 1 rings (SSSR count). The van der Waals surface area contributed by atoms with Crippen molar-refractivity contribution in [2.24, 2.45) is 5.92 Å². The number of benzene rings is 1. The number of nitrogens with one attached hydrogen (secondary N) is 1. The third kappa shape index (κ3) is 4.74. The summed E-state index contributed by atoms with van der Waals surface area (Å²) in [4.78, 5) is 24.3. The summed E-state index contributed by atoms with van der Waals surface area (Å²) in [6.45, 7) is 4.84. The molecule has 0 atom stereocenters. The second-order valence-electron chi connectivity index (χ2n) is 5.03. The van der Waals surface area contributed by atoms with Gasteiger partial charge in [-0.05, 0) is 30.5 Å². The molecular formula is C14H19ClN2O3. The number of carboxylic acids is 1. The number of halogens is 1. The lowest BCUT2D eigenvalue weighted by Gasteiger charge is -2.19. The first-order chi connectivity index (χ1) is 9.31. The van der Waals surface area contributed by atoms with E-state index in [1.807, 2.05) is 0 Å². The van der Waals surface area contributed by atoms with Crippen LogP contribution in [0.4, 0.5) is 10.5 Å². The van der Waals surface area contributed by atoms with E-state index < -0.39 is 5.97 Å². The molecule has 0 unspecified atom stereocenters. The van der Waals surface area contributed by atoms with Gasteiger partial charge in [0.25, 0.3) is 0 Å². The van der Waals surface area contributed by atoms with Crippen molar-refractivity contribution in [3.63, 3.8) is 0 Å². The highest BCUT2D eigenvalue weighted by Gasteiger charge is 2.12. The van der Waals surface area contributed by atoms with Crippen molar-refractivity contribution in [2.45, 2.75) is 20.3 Å². The van der Waals surface area contributed by atoms with Crippen LogP contribution in [0.1, 0.15) is 30.6 Å². The van der Waals surface area contributed by atoms with E-state index >= 15 is 0 Å². The van der Waals surface area contributed by atoms with Gasteiger partial charge in [-0.2, -0.15) is 0 Å². The van der Waals surface area contributed by atoms with Crippen LogP contribution in [-0.4, -0.2) is 35.6 Å². The van der Waals surface area contributed by atoms with E-state index in [0.29, 0.717) is 18.2 Å². The number of nitrogens with zero attached hydrogens (tertiary/aromatic N) is 1. The van der Waals surface area contributed by atoms with Crippen LogP contribution in [0.15, 0.2) is 18.2 Å². The molecule has 0 saturated carbocycles. The highest BCUT2D eigenvalue weighted by Crippen LogP contribution is 2.21. The van der Waals surface area contributed by atoms with Crippen LogP contribution in [0.5, 0.6) is 0 Å². The van der Waals surface area contributed by atoms with Gasteiger partial charge in [-0.3, -0.25) is 0 Å².